The maximum atomic E-state index is 13.7. The average Bonchev–Trinajstić information content (AvgIpc) is 3.40. The van der Waals surface area contributed by atoms with E-state index < -0.39 is 22.6 Å². The number of nitrogens with zero attached hydrogens (tertiary/aromatic N) is 1. The highest BCUT2D eigenvalue weighted by molar-refractivity contribution is 8.02. The topological polar surface area (TPSA) is 98.7 Å². The SMILES string of the molecule is CCCNC(=O)[C@@H]1[C@H]2C(=O)N(CCCO)C(C(=O)Nc3c(C)cccc3Cl)C23CC[C@H]1S3. The van der Waals surface area contributed by atoms with Crippen molar-refractivity contribution >= 4 is 46.8 Å². The fourth-order valence-corrected chi connectivity index (χ4v) is 8.07. The maximum Gasteiger partial charge on any atom is 0.248 e. The molecule has 174 valence electrons. The first-order valence-electron chi connectivity index (χ1n) is 11.3. The predicted octanol–water partition coefficient (Wildman–Crippen LogP) is 2.59. The van der Waals surface area contributed by atoms with E-state index >= 15 is 0 Å². The number of thioether (sulfide) groups is 1. The molecule has 1 spiro atoms. The summed E-state index contributed by atoms with van der Waals surface area (Å²) in [6, 6.07) is 4.71. The van der Waals surface area contributed by atoms with Gasteiger partial charge < -0.3 is 20.6 Å². The lowest BCUT2D eigenvalue weighted by molar-refractivity contribution is -0.139. The van der Waals surface area contributed by atoms with E-state index in [1.165, 1.54) is 0 Å². The first-order valence-corrected chi connectivity index (χ1v) is 12.5. The van der Waals surface area contributed by atoms with Crippen LogP contribution in [0.2, 0.25) is 5.02 Å². The number of aliphatic hydroxyl groups is 1. The summed E-state index contributed by atoms with van der Waals surface area (Å²) >= 11 is 7.98. The van der Waals surface area contributed by atoms with E-state index in [0.717, 1.165) is 18.4 Å². The van der Waals surface area contributed by atoms with Gasteiger partial charge in [-0.25, -0.2) is 0 Å². The van der Waals surface area contributed by atoms with Crippen LogP contribution in [-0.4, -0.2) is 63.5 Å². The lowest BCUT2D eigenvalue weighted by Gasteiger charge is -2.34. The Kier molecular flexibility index (Phi) is 6.75. The number of halogens is 1. The minimum atomic E-state index is -0.707. The van der Waals surface area contributed by atoms with Crippen LogP contribution >= 0.6 is 23.4 Å². The number of benzene rings is 1. The third-order valence-electron chi connectivity index (χ3n) is 6.93. The Bertz CT molecular complexity index is 908. The van der Waals surface area contributed by atoms with Crippen LogP contribution in [0.4, 0.5) is 5.69 Å². The molecule has 0 aliphatic carbocycles. The minimum Gasteiger partial charge on any atom is -0.396 e. The molecule has 2 unspecified atom stereocenters. The van der Waals surface area contributed by atoms with Gasteiger partial charge >= 0.3 is 0 Å². The standard InChI is InChI=1S/C23H30ClN3O4S/c1-3-10-25-20(29)16-15-8-9-23(32-15)17(16)22(31)27(11-5-12-28)19(23)21(30)26-18-13(2)6-4-7-14(18)24/h4,6-7,15-17,19,28H,3,5,8-12H2,1-2H3,(H,25,29)(H,26,30)/t15-,16+,17+,19?,23?/m1/s1. The molecule has 1 aromatic rings. The molecule has 0 saturated carbocycles. The number of para-hydroxylation sites is 1. The van der Waals surface area contributed by atoms with Crippen molar-refractivity contribution in [2.75, 3.05) is 25.0 Å². The van der Waals surface area contributed by atoms with Crippen LogP contribution < -0.4 is 10.6 Å². The lowest BCUT2D eigenvalue weighted by Crippen LogP contribution is -2.52. The maximum absolute atomic E-state index is 13.7. The quantitative estimate of drug-likeness (QED) is 0.532. The van der Waals surface area contributed by atoms with E-state index in [2.05, 4.69) is 10.6 Å². The predicted molar refractivity (Wildman–Crippen MR) is 126 cm³/mol. The molecule has 3 fully saturated rings. The zero-order chi connectivity index (χ0) is 23.0. The number of anilines is 1. The summed E-state index contributed by atoms with van der Waals surface area (Å²) in [4.78, 5) is 41.9. The molecule has 9 heteroatoms. The lowest BCUT2D eigenvalue weighted by atomic mass is 9.70. The zero-order valence-corrected chi connectivity index (χ0v) is 20.0. The summed E-state index contributed by atoms with van der Waals surface area (Å²) in [5.74, 6) is -1.47. The van der Waals surface area contributed by atoms with Gasteiger partial charge in [-0.3, -0.25) is 14.4 Å². The van der Waals surface area contributed by atoms with E-state index in [-0.39, 0.29) is 36.1 Å². The molecule has 5 atom stereocenters. The van der Waals surface area contributed by atoms with Gasteiger partial charge in [0.15, 0.2) is 0 Å². The van der Waals surface area contributed by atoms with Crippen molar-refractivity contribution < 1.29 is 19.5 Å². The van der Waals surface area contributed by atoms with Crippen molar-refractivity contribution in [1.82, 2.24) is 10.2 Å². The van der Waals surface area contributed by atoms with Crippen LogP contribution in [-0.2, 0) is 14.4 Å². The molecule has 32 heavy (non-hydrogen) atoms. The number of rotatable bonds is 8. The monoisotopic (exact) mass is 479 g/mol. The van der Waals surface area contributed by atoms with Gasteiger partial charge in [-0.05, 0) is 44.2 Å². The number of fused-ring (bicyclic) bond motifs is 1. The van der Waals surface area contributed by atoms with Crippen molar-refractivity contribution in [3.63, 3.8) is 0 Å². The summed E-state index contributed by atoms with van der Waals surface area (Å²) in [5.41, 5.74) is 1.38. The molecule has 3 saturated heterocycles. The number of carbonyl (C=O) groups excluding carboxylic acids is 3. The Hall–Kier alpha value is -1.77. The van der Waals surface area contributed by atoms with Crippen LogP contribution in [0.15, 0.2) is 18.2 Å². The Morgan fingerprint density at radius 2 is 2.12 bits per heavy atom. The second-order valence-corrected chi connectivity index (χ2v) is 10.9. The number of hydrogen-bond acceptors (Lipinski definition) is 5. The van der Waals surface area contributed by atoms with Gasteiger partial charge in [-0.2, -0.15) is 0 Å². The molecule has 3 aliphatic heterocycles. The van der Waals surface area contributed by atoms with Crippen molar-refractivity contribution in [2.24, 2.45) is 11.8 Å². The number of amides is 3. The van der Waals surface area contributed by atoms with Gasteiger partial charge in [0.25, 0.3) is 0 Å². The third kappa shape index (κ3) is 3.70. The number of nitrogens with one attached hydrogen (secondary N) is 2. The van der Waals surface area contributed by atoms with Crippen LogP contribution in [0.5, 0.6) is 0 Å². The second kappa shape index (κ2) is 9.23. The van der Waals surface area contributed by atoms with Crippen molar-refractivity contribution in [1.29, 1.82) is 0 Å². The molecule has 3 amide bonds. The summed E-state index contributed by atoms with van der Waals surface area (Å²) in [6.45, 7) is 4.64. The first kappa shape index (κ1) is 23.4. The third-order valence-corrected chi connectivity index (χ3v) is 9.19. The summed E-state index contributed by atoms with van der Waals surface area (Å²) in [5, 5.41) is 15.8. The average molecular weight is 480 g/mol. The first-order chi connectivity index (χ1) is 15.4. The molecule has 0 aromatic heterocycles. The second-order valence-electron chi connectivity index (χ2n) is 8.88. The number of aryl methyl sites for hydroxylation is 1. The van der Waals surface area contributed by atoms with Crippen molar-refractivity contribution in [2.45, 2.75) is 55.6 Å². The largest absolute Gasteiger partial charge is 0.396 e. The van der Waals surface area contributed by atoms with E-state index in [1.54, 1.807) is 22.7 Å². The highest BCUT2D eigenvalue weighted by atomic mass is 35.5. The molecule has 4 rings (SSSR count). The summed E-state index contributed by atoms with van der Waals surface area (Å²) < 4.78 is -0.634. The fourth-order valence-electron chi connectivity index (χ4n) is 5.58. The smallest absolute Gasteiger partial charge is 0.248 e. The molecule has 2 bridgehead atoms. The molecule has 0 radical (unpaired) electrons. The van der Waals surface area contributed by atoms with Crippen LogP contribution in [0.1, 0.15) is 38.2 Å². The Labute approximate surface area is 197 Å². The Morgan fingerprint density at radius 1 is 1.34 bits per heavy atom. The minimum absolute atomic E-state index is 0.0400. The van der Waals surface area contributed by atoms with E-state index in [1.807, 2.05) is 26.0 Å². The van der Waals surface area contributed by atoms with Gasteiger partial charge in [-0.1, -0.05) is 30.7 Å². The molecular formula is C23H30ClN3O4S. The fraction of sp³-hybridized carbons (Fsp3) is 0.609. The number of likely N-dealkylation sites (tertiary alicyclic amines) is 1. The van der Waals surface area contributed by atoms with E-state index in [0.29, 0.717) is 30.1 Å². The number of aliphatic hydroxyl groups excluding tert-OH is 1. The van der Waals surface area contributed by atoms with E-state index in [4.69, 9.17) is 11.6 Å². The number of hydrogen-bond donors (Lipinski definition) is 3. The van der Waals surface area contributed by atoms with Crippen LogP contribution in [0.3, 0.4) is 0 Å². The van der Waals surface area contributed by atoms with Crippen molar-refractivity contribution in [3.8, 4) is 0 Å². The molecule has 3 N–H and O–H groups in total. The van der Waals surface area contributed by atoms with Crippen LogP contribution in [0, 0.1) is 18.8 Å². The summed E-state index contributed by atoms with van der Waals surface area (Å²) in [6.07, 6.45) is 2.72. The Morgan fingerprint density at radius 3 is 2.81 bits per heavy atom. The van der Waals surface area contributed by atoms with Gasteiger partial charge in [0.1, 0.15) is 6.04 Å². The highest BCUT2D eigenvalue weighted by Crippen LogP contribution is 2.66. The van der Waals surface area contributed by atoms with Gasteiger partial charge in [0.05, 0.1) is 27.3 Å². The molecule has 7 nitrogen and oxygen atoms in total. The van der Waals surface area contributed by atoms with Crippen molar-refractivity contribution in [3.05, 3.63) is 28.8 Å². The van der Waals surface area contributed by atoms with Gasteiger partial charge in [-0.15, -0.1) is 11.8 Å². The zero-order valence-electron chi connectivity index (χ0n) is 18.4. The van der Waals surface area contributed by atoms with E-state index in [9.17, 15) is 19.5 Å². The Balaban J connectivity index is 1.68. The molecular weight excluding hydrogens is 450 g/mol. The normalized spacial score (nSPS) is 30.5. The van der Waals surface area contributed by atoms with Gasteiger partial charge in [0, 0.05) is 24.9 Å². The van der Waals surface area contributed by atoms with Gasteiger partial charge in [0.2, 0.25) is 17.7 Å². The number of carbonyl (C=O) groups is 3. The van der Waals surface area contributed by atoms with Crippen LogP contribution in [0.25, 0.3) is 0 Å². The molecule has 3 heterocycles. The summed E-state index contributed by atoms with van der Waals surface area (Å²) in [7, 11) is 0. The molecule has 1 aromatic carbocycles. The molecule has 3 aliphatic rings. The highest BCUT2D eigenvalue weighted by Gasteiger charge is 2.73.